The lowest BCUT2D eigenvalue weighted by atomic mass is 10.1. The van der Waals surface area contributed by atoms with E-state index in [1.807, 2.05) is 0 Å². The van der Waals surface area contributed by atoms with Crippen molar-refractivity contribution in [3.63, 3.8) is 0 Å². The monoisotopic (exact) mass is 335 g/mol. The maximum atomic E-state index is 12.6. The predicted molar refractivity (Wildman–Crippen MR) is 83.9 cm³/mol. The maximum Gasteiger partial charge on any atom is 0.416 e. The van der Waals surface area contributed by atoms with Crippen LogP contribution in [-0.4, -0.2) is 13.0 Å². The molecular formula is C18H16F3NO2. The number of amides is 1. The Kier molecular flexibility index (Phi) is 4.22. The van der Waals surface area contributed by atoms with E-state index in [-0.39, 0.29) is 17.7 Å². The summed E-state index contributed by atoms with van der Waals surface area (Å²) in [6, 6.07) is 12.1. The van der Waals surface area contributed by atoms with Gasteiger partial charge in [0.2, 0.25) is 5.91 Å². The van der Waals surface area contributed by atoms with Crippen molar-refractivity contribution in [1.29, 1.82) is 0 Å². The number of nitrogens with one attached hydrogen (secondary N) is 1. The highest BCUT2D eigenvalue weighted by Gasteiger charge is 2.44. The lowest BCUT2D eigenvalue weighted by Crippen LogP contribution is -2.15. The largest absolute Gasteiger partial charge is 0.495 e. The number of para-hydroxylation sites is 2. The van der Waals surface area contributed by atoms with Gasteiger partial charge in [-0.1, -0.05) is 24.3 Å². The molecule has 1 aliphatic carbocycles. The fourth-order valence-corrected chi connectivity index (χ4v) is 2.75. The van der Waals surface area contributed by atoms with E-state index in [1.165, 1.54) is 19.2 Å². The average molecular weight is 335 g/mol. The molecule has 3 nitrogen and oxygen atoms in total. The number of ether oxygens (including phenoxy) is 1. The van der Waals surface area contributed by atoms with Crippen LogP contribution in [0, 0.1) is 5.92 Å². The first-order valence-electron chi connectivity index (χ1n) is 7.51. The number of rotatable bonds is 4. The number of benzene rings is 2. The normalized spacial score (nSPS) is 19.7. The molecule has 1 amide bonds. The van der Waals surface area contributed by atoms with Gasteiger partial charge in [-0.05, 0) is 42.2 Å². The quantitative estimate of drug-likeness (QED) is 0.896. The van der Waals surface area contributed by atoms with Gasteiger partial charge in [0.05, 0.1) is 18.4 Å². The van der Waals surface area contributed by atoms with Crippen molar-refractivity contribution < 1.29 is 22.7 Å². The van der Waals surface area contributed by atoms with Crippen molar-refractivity contribution in [2.45, 2.75) is 18.5 Å². The Balaban J connectivity index is 1.65. The van der Waals surface area contributed by atoms with E-state index in [0.29, 0.717) is 17.9 Å². The van der Waals surface area contributed by atoms with Gasteiger partial charge >= 0.3 is 6.18 Å². The van der Waals surface area contributed by atoms with E-state index in [0.717, 1.165) is 17.7 Å². The molecule has 0 spiro atoms. The highest BCUT2D eigenvalue weighted by molar-refractivity contribution is 5.96. The van der Waals surface area contributed by atoms with Crippen LogP contribution in [0.1, 0.15) is 23.5 Å². The van der Waals surface area contributed by atoms with E-state index in [9.17, 15) is 18.0 Å². The Morgan fingerprint density at radius 3 is 2.42 bits per heavy atom. The Bertz CT molecular complexity index is 741. The van der Waals surface area contributed by atoms with Crippen LogP contribution >= 0.6 is 0 Å². The molecule has 0 saturated heterocycles. The van der Waals surface area contributed by atoms with E-state index in [4.69, 9.17) is 4.74 Å². The Morgan fingerprint density at radius 2 is 1.79 bits per heavy atom. The van der Waals surface area contributed by atoms with Gasteiger partial charge < -0.3 is 10.1 Å². The van der Waals surface area contributed by atoms with Crippen molar-refractivity contribution >= 4 is 11.6 Å². The van der Waals surface area contributed by atoms with Crippen LogP contribution in [0.15, 0.2) is 48.5 Å². The summed E-state index contributed by atoms with van der Waals surface area (Å²) in [6.45, 7) is 0. The first-order chi connectivity index (χ1) is 11.4. The first kappa shape index (κ1) is 16.4. The molecule has 2 atom stereocenters. The highest BCUT2D eigenvalue weighted by Crippen LogP contribution is 2.48. The molecule has 3 rings (SSSR count). The van der Waals surface area contributed by atoms with Crippen molar-refractivity contribution in [2.24, 2.45) is 5.92 Å². The molecule has 2 unspecified atom stereocenters. The molecule has 1 N–H and O–H groups in total. The zero-order chi connectivity index (χ0) is 17.3. The number of carbonyl (C=O) groups excluding carboxylic acids is 1. The molecule has 0 aromatic heterocycles. The molecule has 0 radical (unpaired) electrons. The van der Waals surface area contributed by atoms with Gasteiger partial charge in [-0.2, -0.15) is 13.2 Å². The van der Waals surface area contributed by atoms with Gasteiger partial charge in [0.25, 0.3) is 0 Å². The van der Waals surface area contributed by atoms with Gasteiger partial charge in [0.15, 0.2) is 0 Å². The lowest BCUT2D eigenvalue weighted by Gasteiger charge is -2.10. The molecule has 126 valence electrons. The molecule has 24 heavy (non-hydrogen) atoms. The first-order valence-corrected chi connectivity index (χ1v) is 7.51. The molecule has 2 aromatic carbocycles. The van der Waals surface area contributed by atoms with Crippen LogP contribution in [0.3, 0.4) is 0 Å². The number of halogens is 3. The summed E-state index contributed by atoms with van der Waals surface area (Å²) in [6.07, 6.45) is -3.71. The van der Waals surface area contributed by atoms with Crippen LogP contribution in [0.25, 0.3) is 0 Å². The van der Waals surface area contributed by atoms with E-state index < -0.39 is 11.7 Å². The van der Waals surface area contributed by atoms with Crippen LogP contribution in [0.5, 0.6) is 5.75 Å². The highest BCUT2D eigenvalue weighted by atomic mass is 19.4. The lowest BCUT2D eigenvalue weighted by molar-refractivity contribution is -0.137. The second-order valence-corrected chi connectivity index (χ2v) is 5.76. The Hall–Kier alpha value is -2.50. The third-order valence-electron chi connectivity index (χ3n) is 4.16. The third-order valence-corrected chi connectivity index (χ3v) is 4.16. The van der Waals surface area contributed by atoms with Crippen LogP contribution < -0.4 is 10.1 Å². The summed E-state index contributed by atoms with van der Waals surface area (Å²) in [5.74, 6) is 0.149. The van der Waals surface area contributed by atoms with Crippen molar-refractivity contribution in [3.8, 4) is 5.75 Å². The second-order valence-electron chi connectivity index (χ2n) is 5.76. The summed E-state index contributed by atoms with van der Waals surface area (Å²) in [7, 11) is 1.52. The average Bonchev–Trinajstić information content (AvgIpc) is 3.35. The number of hydrogen-bond donors (Lipinski definition) is 1. The van der Waals surface area contributed by atoms with Gasteiger partial charge in [-0.3, -0.25) is 4.79 Å². The van der Waals surface area contributed by atoms with Crippen LogP contribution in [-0.2, 0) is 11.0 Å². The van der Waals surface area contributed by atoms with E-state index >= 15 is 0 Å². The molecule has 0 bridgehead atoms. The van der Waals surface area contributed by atoms with Crippen molar-refractivity contribution in [1.82, 2.24) is 0 Å². The molecular weight excluding hydrogens is 319 g/mol. The minimum Gasteiger partial charge on any atom is -0.495 e. The fraction of sp³-hybridized carbons (Fsp3) is 0.278. The number of carbonyl (C=O) groups is 1. The summed E-state index contributed by atoms with van der Waals surface area (Å²) in [5.41, 5.74) is 0.660. The third kappa shape index (κ3) is 3.37. The Morgan fingerprint density at radius 1 is 1.12 bits per heavy atom. The number of anilines is 1. The SMILES string of the molecule is COc1ccccc1NC(=O)C1CC1c1ccc(C(F)(F)F)cc1. The molecule has 1 saturated carbocycles. The molecule has 1 fully saturated rings. The van der Waals surface area contributed by atoms with Crippen LogP contribution in [0.2, 0.25) is 0 Å². The van der Waals surface area contributed by atoms with E-state index in [1.54, 1.807) is 24.3 Å². The Labute approximate surface area is 137 Å². The molecule has 0 heterocycles. The molecule has 0 aliphatic heterocycles. The molecule has 6 heteroatoms. The number of hydrogen-bond acceptors (Lipinski definition) is 2. The number of methoxy groups -OCH3 is 1. The number of alkyl halides is 3. The predicted octanol–water partition coefficient (Wildman–Crippen LogP) is 4.46. The van der Waals surface area contributed by atoms with Gasteiger partial charge in [0.1, 0.15) is 5.75 Å². The smallest absolute Gasteiger partial charge is 0.416 e. The van der Waals surface area contributed by atoms with E-state index in [2.05, 4.69) is 5.32 Å². The van der Waals surface area contributed by atoms with Gasteiger partial charge in [-0.25, -0.2) is 0 Å². The minimum atomic E-state index is -4.34. The topological polar surface area (TPSA) is 38.3 Å². The van der Waals surface area contributed by atoms with Crippen LogP contribution in [0.4, 0.5) is 18.9 Å². The second kappa shape index (κ2) is 6.19. The molecule has 1 aliphatic rings. The zero-order valence-electron chi connectivity index (χ0n) is 12.9. The minimum absolute atomic E-state index is 0.0398. The van der Waals surface area contributed by atoms with Crippen molar-refractivity contribution in [2.75, 3.05) is 12.4 Å². The summed E-state index contributed by atoms with van der Waals surface area (Å²) < 4.78 is 42.9. The van der Waals surface area contributed by atoms with Gasteiger partial charge in [0, 0.05) is 5.92 Å². The summed E-state index contributed by atoms with van der Waals surface area (Å²) >= 11 is 0. The molecule has 2 aromatic rings. The standard InChI is InChI=1S/C18H16F3NO2/c1-24-16-5-3-2-4-15(16)22-17(23)14-10-13(14)11-6-8-12(9-7-11)18(19,20)21/h2-9,13-14H,10H2,1H3,(H,22,23). The maximum absolute atomic E-state index is 12.6. The summed E-state index contributed by atoms with van der Waals surface area (Å²) in [4.78, 5) is 12.3. The zero-order valence-corrected chi connectivity index (χ0v) is 12.9. The fourth-order valence-electron chi connectivity index (χ4n) is 2.75. The van der Waals surface area contributed by atoms with Crippen molar-refractivity contribution in [3.05, 3.63) is 59.7 Å². The van der Waals surface area contributed by atoms with Gasteiger partial charge in [-0.15, -0.1) is 0 Å². The summed E-state index contributed by atoms with van der Waals surface area (Å²) in [5, 5.41) is 2.81.